The van der Waals surface area contributed by atoms with Crippen molar-refractivity contribution < 1.29 is 23.1 Å². The predicted octanol–water partition coefficient (Wildman–Crippen LogP) is 3.69. The van der Waals surface area contributed by atoms with Crippen LogP contribution in [0.3, 0.4) is 0 Å². The largest absolute Gasteiger partial charge is 0.490 e. The number of carboxylic acid groups (broad SMARTS) is 1. The van der Waals surface area contributed by atoms with E-state index in [0.29, 0.717) is 5.95 Å². The van der Waals surface area contributed by atoms with Crippen molar-refractivity contribution in [2.24, 2.45) is 0 Å². The van der Waals surface area contributed by atoms with Gasteiger partial charge in [-0.05, 0) is 44.0 Å². The minimum atomic E-state index is -5.08. The van der Waals surface area contributed by atoms with Crippen molar-refractivity contribution in [1.29, 1.82) is 0 Å². The number of nitrogens with two attached hydrogens (primary N) is 1. The van der Waals surface area contributed by atoms with Gasteiger partial charge in [-0.1, -0.05) is 0 Å². The third-order valence-corrected chi connectivity index (χ3v) is 4.42. The van der Waals surface area contributed by atoms with E-state index in [1.165, 1.54) is 0 Å². The average Bonchev–Trinajstić information content (AvgIpc) is 3.00. The molecular weight excluding hydrogens is 463 g/mol. The van der Waals surface area contributed by atoms with Gasteiger partial charge in [-0.25, -0.2) is 9.78 Å². The van der Waals surface area contributed by atoms with Crippen LogP contribution in [-0.2, 0) is 4.79 Å². The third kappa shape index (κ3) is 4.06. The van der Waals surface area contributed by atoms with Gasteiger partial charge in [0.1, 0.15) is 11.2 Å². The molecule has 0 aliphatic heterocycles. The molecule has 0 aliphatic rings. The van der Waals surface area contributed by atoms with Crippen molar-refractivity contribution in [2.45, 2.75) is 6.18 Å². The number of H-pyrrole nitrogens is 2. The number of pyridine rings is 1. The van der Waals surface area contributed by atoms with Gasteiger partial charge in [0.25, 0.3) is 0 Å². The van der Waals surface area contributed by atoms with Crippen LogP contribution in [0.4, 0.5) is 19.1 Å². The van der Waals surface area contributed by atoms with E-state index in [0.717, 1.165) is 31.5 Å². The number of anilines is 1. The van der Waals surface area contributed by atoms with Gasteiger partial charge in [0, 0.05) is 6.20 Å². The number of aromatic nitrogens is 4. The molecule has 0 fully saturated rings. The molecule has 0 aliphatic carbocycles. The van der Waals surface area contributed by atoms with E-state index in [2.05, 4.69) is 51.8 Å². The molecule has 0 bridgehead atoms. The van der Waals surface area contributed by atoms with Crippen LogP contribution in [0.15, 0.2) is 27.4 Å². The molecule has 3 aromatic rings. The second kappa shape index (κ2) is 6.81. The third-order valence-electron chi connectivity index (χ3n) is 2.64. The molecule has 0 unspecified atom stereocenters. The van der Waals surface area contributed by atoms with Crippen molar-refractivity contribution in [3.8, 4) is 11.4 Å². The van der Waals surface area contributed by atoms with E-state index in [9.17, 15) is 13.2 Å². The Labute approximate surface area is 148 Å². The number of carboxylic acids is 1. The monoisotopic (exact) mass is 469 g/mol. The first-order valence-electron chi connectivity index (χ1n) is 6.04. The van der Waals surface area contributed by atoms with Gasteiger partial charge in [0.05, 0.1) is 20.3 Å². The van der Waals surface area contributed by atoms with Crippen molar-refractivity contribution in [2.75, 3.05) is 5.73 Å². The van der Waals surface area contributed by atoms with E-state index in [4.69, 9.17) is 15.6 Å². The Bertz CT molecular complexity index is 871. The SMILES string of the molecule is Nc1nc2c(-c3cc(Br)c(Br)[nH]3)nccc2[nH]1.O=C(O)C(F)(F)F. The van der Waals surface area contributed by atoms with E-state index in [1.54, 1.807) is 6.20 Å². The van der Waals surface area contributed by atoms with Crippen LogP contribution in [0.5, 0.6) is 0 Å². The summed E-state index contributed by atoms with van der Waals surface area (Å²) in [4.78, 5) is 23.6. The number of fused-ring (bicyclic) bond motifs is 1. The van der Waals surface area contributed by atoms with Crippen LogP contribution in [-0.4, -0.2) is 37.2 Å². The summed E-state index contributed by atoms with van der Waals surface area (Å²) in [5, 5.41) is 7.12. The summed E-state index contributed by atoms with van der Waals surface area (Å²) >= 11 is 6.82. The first kappa shape index (κ1) is 18.3. The molecule has 7 nitrogen and oxygen atoms in total. The van der Waals surface area contributed by atoms with Crippen molar-refractivity contribution in [3.05, 3.63) is 27.4 Å². The number of rotatable bonds is 1. The normalized spacial score (nSPS) is 11.2. The lowest BCUT2D eigenvalue weighted by atomic mass is 10.2. The lowest BCUT2D eigenvalue weighted by Gasteiger charge is -1.97. The topological polar surface area (TPSA) is 121 Å². The molecule has 3 aromatic heterocycles. The molecule has 12 heteroatoms. The molecule has 3 rings (SSSR count). The van der Waals surface area contributed by atoms with E-state index in [1.807, 2.05) is 12.1 Å². The van der Waals surface area contributed by atoms with Crippen LogP contribution in [0.1, 0.15) is 0 Å². The highest BCUT2D eigenvalue weighted by Crippen LogP contribution is 2.31. The first-order chi connectivity index (χ1) is 11.1. The lowest BCUT2D eigenvalue weighted by Crippen LogP contribution is -2.21. The number of nitrogens with one attached hydrogen (secondary N) is 2. The Balaban J connectivity index is 0.000000256. The number of imidazole rings is 1. The van der Waals surface area contributed by atoms with Gasteiger partial charge in [-0.2, -0.15) is 13.2 Å². The molecule has 128 valence electrons. The molecule has 0 saturated heterocycles. The average molecular weight is 471 g/mol. The molecule has 0 atom stereocenters. The lowest BCUT2D eigenvalue weighted by molar-refractivity contribution is -0.192. The van der Waals surface area contributed by atoms with E-state index < -0.39 is 12.1 Å². The fourth-order valence-corrected chi connectivity index (χ4v) is 2.34. The summed E-state index contributed by atoms with van der Waals surface area (Å²) in [5.74, 6) is -2.37. The number of hydrogen-bond acceptors (Lipinski definition) is 4. The Morgan fingerprint density at radius 1 is 1.29 bits per heavy atom. The van der Waals surface area contributed by atoms with Crippen molar-refractivity contribution in [1.82, 2.24) is 19.9 Å². The maximum Gasteiger partial charge on any atom is 0.490 e. The minimum absolute atomic E-state index is 0.388. The highest BCUT2D eigenvalue weighted by molar-refractivity contribution is 9.13. The molecule has 0 spiro atoms. The molecule has 3 heterocycles. The zero-order chi connectivity index (χ0) is 18.1. The number of nitrogen functional groups attached to an aromatic ring is 1. The quantitative estimate of drug-likeness (QED) is 0.432. The maximum atomic E-state index is 10.6. The smallest absolute Gasteiger partial charge is 0.475 e. The van der Waals surface area contributed by atoms with Gasteiger partial charge < -0.3 is 20.8 Å². The summed E-state index contributed by atoms with van der Waals surface area (Å²) in [6, 6.07) is 3.78. The molecule has 0 radical (unpaired) electrons. The molecule has 0 aromatic carbocycles. The number of nitrogens with zero attached hydrogens (tertiary/aromatic N) is 2. The molecule has 24 heavy (non-hydrogen) atoms. The van der Waals surface area contributed by atoms with Gasteiger partial charge in [-0.15, -0.1) is 0 Å². The number of carbonyl (C=O) groups is 1. The van der Waals surface area contributed by atoms with E-state index in [-0.39, 0.29) is 0 Å². The standard InChI is InChI=1S/C10H7Br2N5.C2HF3O2/c11-4-3-6(15-9(4)12)7-8-5(1-2-14-7)16-10(13)17-8;3-2(4,5)1(6)7/h1-3,15H,(H3,13,16,17);(H,6,7). The van der Waals surface area contributed by atoms with Gasteiger partial charge in [-0.3, -0.25) is 4.98 Å². The van der Waals surface area contributed by atoms with Crippen molar-refractivity contribution in [3.63, 3.8) is 0 Å². The van der Waals surface area contributed by atoms with Crippen LogP contribution in [0.2, 0.25) is 0 Å². The first-order valence-corrected chi connectivity index (χ1v) is 7.63. The summed E-state index contributed by atoms with van der Waals surface area (Å²) < 4.78 is 33.5. The molecule has 0 saturated carbocycles. The summed E-state index contributed by atoms with van der Waals surface area (Å²) in [6.07, 6.45) is -3.36. The zero-order valence-corrected chi connectivity index (χ0v) is 14.6. The molecule has 0 amide bonds. The van der Waals surface area contributed by atoms with Gasteiger partial charge >= 0.3 is 12.1 Å². The Kier molecular flexibility index (Phi) is 5.18. The maximum absolute atomic E-state index is 10.6. The summed E-state index contributed by atoms with van der Waals surface area (Å²) in [6.45, 7) is 0. The number of aliphatic carboxylic acids is 1. The fraction of sp³-hybridized carbons (Fsp3) is 0.0833. The number of aromatic amines is 2. The summed E-state index contributed by atoms with van der Waals surface area (Å²) in [5.41, 5.74) is 8.92. The van der Waals surface area contributed by atoms with Crippen LogP contribution < -0.4 is 5.73 Å². The summed E-state index contributed by atoms with van der Waals surface area (Å²) in [7, 11) is 0. The molecular formula is C12H8Br2F3N5O2. The van der Waals surface area contributed by atoms with Crippen LogP contribution in [0.25, 0.3) is 22.4 Å². The second-order valence-electron chi connectivity index (χ2n) is 4.33. The number of halogens is 5. The fourth-order valence-electron chi connectivity index (χ4n) is 1.68. The second-order valence-corrected chi connectivity index (χ2v) is 5.97. The molecule has 5 N–H and O–H groups in total. The van der Waals surface area contributed by atoms with Crippen LogP contribution in [0, 0.1) is 0 Å². The van der Waals surface area contributed by atoms with Gasteiger partial charge in [0.2, 0.25) is 0 Å². The van der Waals surface area contributed by atoms with Crippen LogP contribution >= 0.6 is 31.9 Å². The van der Waals surface area contributed by atoms with Crippen molar-refractivity contribution >= 4 is 54.8 Å². The zero-order valence-electron chi connectivity index (χ0n) is 11.4. The predicted molar refractivity (Wildman–Crippen MR) is 87.2 cm³/mol. The minimum Gasteiger partial charge on any atom is -0.475 e. The van der Waals surface area contributed by atoms with E-state index >= 15 is 0 Å². The highest BCUT2D eigenvalue weighted by Gasteiger charge is 2.38. The Hall–Kier alpha value is -2.08. The highest BCUT2D eigenvalue weighted by atomic mass is 79.9. The Morgan fingerprint density at radius 3 is 2.42 bits per heavy atom. The number of alkyl halides is 3. The van der Waals surface area contributed by atoms with Gasteiger partial charge in [0.15, 0.2) is 5.95 Å². The number of hydrogen-bond donors (Lipinski definition) is 4. The Morgan fingerprint density at radius 2 is 1.92 bits per heavy atom.